The SMILES string of the molecule is COC1(C(O)Cc2csc(C)n2)CCCCCC1. The lowest BCUT2D eigenvalue weighted by molar-refractivity contribution is -0.111. The molecule has 1 aromatic rings. The van der Waals surface area contributed by atoms with Crippen LogP contribution < -0.4 is 0 Å². The first-order chi connectivity index (χ1) is 8.66. The van der Waals surface area contributed by atoms with Crippen molar-refractivity contribution in [2.75, 3.05) is 7.11 Å². The number of hydrogen-bond donors (Lipinski definition) is 1. The number of aliphatic hydroxyl groups is 1. The van der Waals surface area contributed by atoms with Gasteiger partial charge >= 0.3 is 0 Å². The second-order valence-electron chi connectivity index (χ2n) is 5.26. The number of aryl methyl sites for hydroxylation is 1. The predicted molar refractivity (Wildman–Crippen MR) is 74.0 cm³/mol. The molecule has 0 radical (unpaired) electrons. The summed E-state index contributed by atoms with van der Waals surface area (Å²) in [6, 6.07) is 0. The van der Waals surface area contributed by atoms with Gasteiger partial charge in [0.15, 0.2) is 0 Å². The maximum atomic E-state index is 10.6. The fraction of sp³-hybridized carbons (Fsp3) is 0.786. The summed E-state index contributed by atoms with van der Waals surface area (Å²) < 4.78 is 5.73. The van der Waals surface area contributed by atoms with Crippen LogP contribution in [0, 0.1) is 6.92 Å². The summed E-state index contributed by atoms with van der Waals surface area (Å²) in [4.78, 5) is 4.44. The standard InChI is InChI=1S/C14H23NO2S/c1-11-15-12(10-18-11)9-13(16)14(17-2)7-5-3-4-6-8-14/h10,13,16H,3-9H2,1-2H3. The van der Waals surface area contributed by atoms with Crippen molar-refractivity contribution in [3.8, 4) is 0 Å². The molecule has 0 amide bonds. The average Bonchev–Trinajstić information content (AvgIpc) is 2.65. The Morgan fingerprint density at radius 1 is 1.39 bits per heavy atom. The Hall–Kier alpha value is -0.450. The molecule has 1 N–H and O–H groups in total. The van der Waals surface area contributed by atoms with E-state index in [4.69, 9.17) is 4.74 Å². The minimum Gasteiger partial charge on any atom is -0.390 e. The molecule has 1 heterocycles. The maximum Gasteiger partial charge on any atom is 0.0940 e. The summed E-state index contributed by atoms with van der Waals surface area (Å²) in [6.45, 7) is 2.00. The van der Waals surface area contributed by atoms with Crippen LogP contribution in [0.15, 0.2) is 5.38 Å². The van der Waals surface area contributed by atoms with Crippen LogP contribution in [0.2, 0.25) is 0 Å². The third kappa shape index (κ3) is 3.11. The Morgan fingerprint density at radius 3 is 2.56 bits per heavy atom. The zero-order valence-electron chi connectivity index (χ0n) is 11.3. The van der Waals surface area contributed by atoms with Gasteiger partial charge in [-0.25, -0.2) is 4.98 Å². The maximum absolute atomic E-state index is 10.6. The second kappa shape index (κ2) is 6.13. The highest BCUT2D eigenvalue weighted by Gasteiger charge is 2.38. The summed E-state index contributed by atoms with van der Waals surface area (Å²) in [7, 11) is 1.74. The normalized spacial score (nSPS) is 21.5. The fourth-order valence-corrected chi connectivity index (χ4v) is 3.51. The molecule has 1 fully saturated rings. The van der Waals surface area contributed by atoms with E-state index in [1.165, 1.54) is 12.8 Å². The Kier molecular flexibility index (Phi) is 4.76. The molecule has 102 valence electrons. The zero-order chi connectivity index (χ0) is 13.0. The van der Waals surface area contributed by atoms with E-state index >= 15 is 0 Å². The number of methoxy groups -OCH3 is 1. The van der Waals surface area contributed by atoms with Crippen LogP contribution in [0.1, 0.15) is 49.2 Å². The van der Waals surface area contributed by atoms with Crippen LogP contribution in [0.25, 0.3) is 0 Å². The largest absolute Gasteiger partial charge is 0.390 e. The van der Waals surface area contributed by atoms with Crippen LogP contribution in [0.5, 0.6) is 0 Å². The molecule has 2 rings (SSSR count). The third-order valence-corrected chi connectivity index (χ3v) is 4.86. The first-order valence-electron chi connectivity index (χ1n) is 6.80. The van der Waals surface area contributed by atoms with Gasteiger partial charge in [0.25, 0.3) is 0 Å². The van der Waals surface area contributed by atoms with Crippen LogP contribution >= 0.6 is 11.3 Å². The summed E-state index contributed by atoms with van der Waals surface area (Å²) in [5, 5.41) is 13.7. The molecule has 1 atom stereocenters. The molecule has 1 unspecified atom stereocenters. The Labute approximate surface area is 113 Å². The first kappa shape index (κ1) is 14.0. The molecule has 18 heavy (non-hydrogen) atoms. The van der Waals surface area contributed by atoms with Gasteiger partial charge in [-0.15, -0.1) is 11.3 Å². The van der Waals surface area contributed by atoms with Crippen LogP contribution in [-0.2, 0) is 11.2 Å². The van der Waals surface area contributed by atoms with Crippen molar-refractivity contribution < 1.29 is 9.84 Å². The van der Waals surface area contributed by atoms with Crippen LogP contribution in [0.4, 0.5) is 0 Å². The van der Waals surface area contributed by atoms with E-state index in [9.17, 15) is 5.11 Å². The lowest BCUT2D eigenvalue weighted by atomic mass is 9.86. The lowest BCUT2D eigenvalue weighted by Gasteiger charge is -2.36. The molecule has 0 bridgehead atoms. The third-order valence-electron chi connectivity index (χ3n) is 4.03. The Morgan fingerprint density at radius 2 is 2.06 bits per heavy atom. The van der Waals surface area contributed by atoms with Crippen molar-refractivity contribution >= 4 is 11.3 Å². The van der Waals surface area contributed by atoms with Gasteiger partial charge in [0.05, 0.1) is 22.4 Å². The summed E-state index contributed by atoms with van der Waals surface area (Å²) in [5.41, 5.74) is 0.638. The number of rotatable bonds is 4. The van der Waals surface area contributed by atoms with Crippen molar-refractivity contribution in [1.82, 2.24) is 4.98 Å². The van der Waals surface area contributed by atoms with Gasteiger partial charge in [0, 0.05) is 18.9 Å². The molecule has 0 aliphatic heterocycles. The molecule has 3 nitrogen and oxygen atoms in total. The minimum atomic E-state index is -0.443. The predicted octanol–water partition coefficient (Wildman–Crippen LogP) is 3.09. The number of ether oxygens (including phenoxy) is 1. The summed E-state index contributed by atoms with van der Waals surface area (Å²) in [6.07, 6.45) is 6.92. The molecule has 4 heteroatoms. The summed E-state index contributed by atoms with van der Waals surface area (Å²) >= 11 is 1.64. The minimum absolute atomic E-state index is 0.353. The average molecular weight is 269 g/mol. The molecule has 1 aliphatic rings. The highest BCUT2D eigenvalue weighted by Crippen LogP contribution is 2.34. The van der Waals surface area contributed by atoms with Crippen molar-refractivity contribution in [1.29, 1.82) is 0 Å². The molecular formula is C14H23NO2S. The quantitative estimate of drug-likeness (QED) is 0.854. The zero-order valence-corrected chi connectivity index (χ0v) is 12.1. The van der Waals surface area contributed by atoms with Crippen molar-refractivity contribution in [3.05, 3.63) is 16.1 Å². The number of aliphatic hydroxyl groups excluding tert-OH is 1. The van der Waals surface area contributed by atoms with E-state index in [1.54, 1.807) is 18.4 Å². The van der Waals surface area contributed by atoms with E-state index in [0.717, 1.165) is 36.4 Å². The van der Waals surface area contributed by atoms with Crippen molar-refractivity contribution in [3.63, 3.8) is 0 Å². The van der Waals surface area contributed by atoms with Gasteiger partial charge < -0.3 is 9.84 Å². The summed E-state index contributed by atoms with van der Waals surface area (Å²) in [5.74, 6) is 0. The molecule has 0 spiro atoms. The highest BCUT2D eigenvalue weighted by atomic mass is 32.1. The molecular weight excluding hydrogens is 246 g/mol. The van der Waals surface area contributed by atoms with E-state index in [1.807, 2.05) is 12.3 Å². The molecule has 1 aromatic heterocycles. The van der Waals surface area contributed by atoms with E-state index in [0.29, 0.717) is 6.42 Å². The van der Waals surface area contributed by atoms with Crippen molar-refractivity contribution in [2.24, 2.45) is 0 Å². The first-order valence-corrected chi connectivity index (χ1v) is 7.68. The van der Waals surface area contributed by atoms with Gasteiger partial charge in [0.2, 0.25) is 0 Å². The number of thiazole rings is 1. The van der Waals surface area contributed by atoms with Gasteiger partial charge in [-0.1, -0.05) is 25.7 Å². The molecule has 1 saturated carbocycles. The lowest BCUT2D eigenvalue weighted by Crippen LogP contribution is -2.45. The van der Waals surface area contributed by atoms with Gasteiger partial charge in [-0.2, -0.15) is 0 Å². The van der Waals surface area contributed by atoms with E-state index in [-0.39, 0.29) is 5.60 Å². The van der Waals surface area contributed by atoms with Crippen LogP contribution in [-0.4, -0.2) is 28.9 Å². The number of hydrogen-bond acceptors (Lipinski definition) is 4. The van der Waals surface area contributed by atoms with Gasteiger partial charge in [0.1, 0.15) is 0 Å². The van der Waals surface area contributed by atoms with Crippen LogP contribution in [0.3, 0.4) is 0 Å². The molecule has 0 aromatic carbocycles. The Balaban J connectivity index is 2.06. The number of nitrogens with zero attached hydrogens (tertiary/aromatic N) is 1. The topological polar surface area (TPSA) is 42.4 Å². The second-order valence-corrected chi connectivity index (χ2v) is 6.32. The molecule has 1 aliphatic carbocycles. The number of aromatic nitrogens is 1. The van der Waals surface area contributed by atoms with E-state index in [2.05, 4.69) is 4.98 Å². The highest BCUT2D eigenvalue weighted by molar-refractivity contribution is 7.09. The van der Waals surface area contributed by atoms with Crippen molar-refractivity contribution in [2.45, 2.75) is 63.6 Å². The van der Waals surface area contributed by atoms with E-state index < -0.39 is 6.10 Å². The molecule has 0 saturated heterocycles. The fourth-order valence-electron chi connectivity index (χ4n) is 2.89. The smallest absolute Gasteiger partial charge is 0.0940 e. The Bertz CT molecular complexity index is 370. The van der Waals surface area contributed by atoms with Gasteiger partial charge in [-0.05, 0) is 19.8 Å². The monoisotopic (exact) mass is 269 g/mol. The van der Waals surface area contributed by atoms with Gasteiger partial charge in [-0.3, -0.25) is 0 Å².